The van der Waals surface area contributed by atoms with E-state index in [0.29, 0.717) is 49.2 Å². The molecule has 11 heteroatoms. The van der Waals surface area contributed by atoms with Crippen molar-refractivity contribution < 1.29 is 37.7 Å². The molecule has 1 heterocycles. The van der Waals surface area contributed by atoms with Gasteiger partial charge < -0.3 is 19.7 Å². The standard InChI is InChI=1S/C25H28N2O4S.C2H2O4/c1-30-25-18-22(12-13-24(25)31-20-21-8-4-2-5-9-21)19-26-14-16-27(17-15-26)32(28,29)23-10-6-3-7-11-23;3-1(4)2(5)6/h2-13,18H,14-17,19-20H2,1H3;(H,3,4)(H,5,6). The van der Waals surface area contributed by atoms with Gasteiger partial charge in [0.1, 0.15) is 6.61 Å². The van der Waals surface area contributed by atoms with Gasteiger partial charge in [0.2, 0.25) is 10.0 Å². The van der Waals surface area contributed by atoms with Crippen molar-refractivity contribution in [3.8, 4) is 11.5 Å². The number of methoxy groups -OCH3 is 1. The van der Waals surface area contributed by atoms with E-state index in [1.807, 2.05) is 54.6 Å². The van der Waals surface area contributed by atoms with Crippen LogP contribution in [0.5, 0.6) is 11.5 Å². The van der Waals surface area contributed by atoms with Gasteiger partial charge in [-0.05, 0) is 35.4 Å². The van der Waals surface area contributed by atoms with Crippen molar-refractivity contribution in [2.45, 2.75) is 18.0 Å². The molecular weight excluding hydrogens is 512 g/mol. The Kier molecular flexibility index (Phi) is 10.2. The number of carbonyl (C=O) groups is 2. The Bertz CT molecular complexity index is 1300. The highest BCUT2D eigenvalue weighted by Crippen LogP contribution is 2.29. The normalized spacial score (nSPS) is 14.1. The van der Waals surface area contributed by atoms with Crippen molar-refractivity contribution in [3.63, 3.8) is 0 Å². The molecule has 1 aliphatic rings. The second-order valence-corrected chi connectivity index (χ2v) is 10.3. The number of ether oxygens (including phenoxy) is 2. The van der Waals surface area contributed by atoms with E-state index in [-0.39, 0.29) is 0 Å². The molecule has 0 unspecified atom stereocenters. The number of rotatable bonds is 8. The first-order chi connectivity index (χ1) is 18.2. The first kappa shape index (κ1) is 28.6. The van der Waals surface area contributed by atoms with Gasteiger partial charge in [0, 0.05) is 32.7 Å². The fraction of sp³-hybridized carbons (Fsp3) is 0.259. The number of carboxylic acids is 2. The molecule has 0 amide bonds. The Hall–Kier alpha value is -3.93. The van der Waals surface area contributed by atoms with E-state index >= 15 is 0 Å². The van der Waals surface area contributed by atoms with Gasteiger partial charge >= 0.3 is 11.9 Å². The molecule has 0 aliphatic carbocycles. The quantitative estimate of drug-likeness (QED) is 0.412. The second kappa shape index (κ2) is 13.6. The van der Waals surface area contributed by atoms with Gasteiger partial charge in [-0.3, -0.25) is 4.90 Å². The van der Waals surface area contributed by atoms with E-state index in [9.17, 15) is 8.42 Å². The van der Waals surface area contributed by atoms with Crippen LogP contribution in [0.3, 0.4) is 0 Å². The Morgan fingerprint density at radius 2 is 1.37 bits per heavy atom. The van der Waals surface area contributed by atoms with Gasteiger partial charge in [0.25, 0.3) is 0 Å². The molecule has 1 saturated heterocycles. The summed E-state index contributed by atoms with van der Waals surface area (Å²) in [5.74, 6) is -2.24. The predicted octanol–water partition coefficient (Wildman–Crippen LogP) is 2.94. The maximum atomic E-state index is 12.8. The summed E-state index contributed by atoms with van der Waals surface area (Å²) < 4.78 is 38.7. The molecule has 1 fully saturated rings. The number of nitrogens with zero attached hydrogens (tertiary/aromatic N) is 2. The fourth-order valence-electron chi connectivity index (χ4n) is 3.79. The van der Waals surface area contributed by atoms with Gasteiger partial charge in [-0.1, -0.05) is 54.6 Å². The number of piperazine rings is 1. The molecule has 3 aromatic carbocycles. The third-order valence-corrected chi connectivity index (χ3v) is 7.68. The maximum absolute atomic E-state index is 12.8. The molecule has 0 atom stereocenters. The van der Waals surface area contributed by atoms with Crippen molar-refractivity contribution in [2.24, 2.45) is 0 Å². The fourth-order valence-corrected chi connectivity index (χ4v) is 5.24. The summed E-state index contributed by atoms with van der Waals surface area (Å²) in [6, 6.07) is 24.6. The molecule has 0 radical (unpaired) electrons. The van der Waals surface area contributed by atoms with Crippen LogP contribution in [-0.2, 0) is 32.8 Å². The summed E-state index contributed by atoms with van der Waals surface area (Å²) in [6.07, 6.45) is 0. The topological polar surface area (TPSA) is 134 Å². The van der Waals surface area contributed by atoms with Crippen LogP contribution in [0.4, 0.5) is 0 Å². The van der Waals surface area contributed by atoms with Crippen LogP contribution in [-0.4, -0.2) is 73.1 Å². The summed E-state index contributed by atoms with van der Waals surface area (Å²) >= 11 is 0. The van der Waals surface area contributed by atoms with E-state index in [1.54, 1.807) is 35.7 Å². The maximum Gasteiger partial charge on any atom is 0.414 e. The molecule has 0 bridgehead atoms. The molecule has 2 N–H and O–H groups in total. The van der Waals surface area contributed by atoms with Crippen molar-refractivity contribution in [3.05, 3.63) is 90.0 Å². The predicted molar refractivity (Wildman–Crippen MR) is 140 cm³/mol. The zero-order valence-electron chi connectivity index (χ0n) is 20.9. The Morgan fingerprint density at radius 3 is 1.92 bits per heavy atom. The number of carboxylic acid groups (broad SMARTS) is 2. The highest BCUT2D eigenvalue weighted by Gasteiger charge is 2.28. The average Bonchev–Trinajstić information content (AvgIpc) is 2.94. The molecule has 0 aromatic heterocycles. The smallest absolute Gasteiger partial charge is 0.414 e. The van der Waals surface area contributed by atoms with Gasteiger partial charge in [0.05, 0.1) is 12.0 Å². The van der Waals surface area contributed by atoms with Gasteiger partial charge in [-0.25, -0.2) is 18.0 Å². The minimum absolute atomic E-state index is 0.351. The summed E-state index contributed by atoms with van der Waals surface area (Å²) in [6.45, 7) is 3.53. The summed E-state index contributed by atoms with van der Waals surface area (Å²) in [7, 11) is -1.79. The van der Waals surface area contributed by atoms with Crippen molar-refractivity contribution >= 4 is 22.0 Å². The molecule has 0 spiro atoms. The van der Waals surface area contributed by atoms with Crippen LogP contribution >= 0.6 is 0 Å². The number of hydrogen-bond acceptors (Lipinski definition) is 7. The zero-order valence-corrected chi connectivity index (χ0v) is 21.7. The van der Waals surface area contributed by atoms with Crippen molar-refractivity contribution in [1.29, 1.82) is 0 Å². The van der Waals surface area contributed by atoms with Crippen LogP contribution in [0, 0.1) is 0 Å². The highest BCUT2D eigenvalue weighted by atomic mass is 32.2. The molecule has 4 rings (SSSR count). The minimum Gasteiger partial charge on any atom is -0.493 e. The van der Waals surface area contributed by atoms with E-state index in [2.05, 4.69) is 4.90 Å². The van der Waals surface area contributed by atoms with Crippen LogP contribution < -0.4 is 9.47 Å². The Labute approximate surface area is 221 Å². The third kappa shape index (κ3) is 8.04. The lowest BCUT2D eigenvalue weighted by Gasteiger charge is -2.34. The summed E-state index contributed by atoms with van der Waals surface area (Å²) in [5, 5.41) is 14.8. The van der Waals surface area contributed by atoms with E-state index < -0.39 is 22.0 Å². The van der Waals surface area contributed by atoms with E-state index in [0.717, 1.165) is 17.7 Å². The number of aliphatic carboxylic acids is 2. The number of sulfonamides is 1. The van der Waals surface area contributed by atoms with Crippen LogP contribution in [0.25, 0.3) is 0 Å². The lowest BCUT2D eigenvalue weighted by Crippen LogP contribution is -2.48. The zero-order chi connectivity index (χ0) is 27.5. The highest BCUT2D eigenvalue weighted by molar-refractivity contribution is 7.89. The van der Waals surface area contributed by atoms with Gasteiger partial charge in [-0.15, -0.1) is 0 Å². The second-order valence-electron chi connectivity index (χ2n) is 8.36. The van der Waals surface area contributed by atoms with E-state index in [4.69, 9.17) is 29.3 Å². The monoisotopic (exact) mass is 542 g/mol. The number of benzene rings is 3. The SMILES string of the molecule is COc1cc(CN2CCN(S(=O)(=O)c3ccccc3)CC2)ccc1OCc1ccccc1.O=C(O)C(=O)O. The summed E-state index contributed by atoms with van der Waals surface area (Å²) in [5.41, 5.74) is 2.20. The van der Waals surface area contributed by atoms with Crippen LogP contribution in [0.1, 0.15) is 11.1 Å². The molecule has 1 aliphatic heterocycles. The molecule has 3 aromatic rings. The van der Waals surface area contributed by atoms with Crippen molar-refractivity contribution in [1.82, 2.24) is 9.21 Å². The average molecular weight is 543 g/mol. The third-order valence-electron chi connectivity index (χ3n) is 5.77. The molecule has 38 heavy (non-hydrogen) atoms. The Morgan fingerprint density at radius 1 is 0.789 bits per heavy atom. The first-order valence-electron chi connectivity index (χ1n) is 11.8. The lowest BCUT2D eigenvalue weighted by molar-refractivity contribution is -0.159. The summed E-state index contributed by atoms with van der Waals surface area (Å²) in [4.78, 5) is 20.8. The Balaban J connectivity index is 0.000000599. The molecule has 202 valence electrons. The first-order valence-corrected chi connectivity index (χ1v) is 13.2. The van der Waals surface area contributed by atoms with Crippen LogP contribution in [0.15, 0.2) is 83.8 Å². The largest absolute Gasteiger partial charge is 0.493 e. The minimum atomic E-state index is -3.43. The van der Waals surface area contributed by atoms with Crippen molar-refractivity contribution in [2.75, 3.05) is 33.3 Å². The molecule has 10 nitrogen and oxygen atoms in total. The van der Waals surface area contributed by atoms with Gasteiger partial charge in [-0.2, -0.15) is 4.31 Å². The molecular formula is C27H30N2O8S. The number of hydrogen-bond donors (Lipinski definition) is 2. The molecule has 0 saturated carbocycles. The van der Waals surface area contributed by atoms with Crippen LogP contribution in [0.2, 0.25) is 0 Å². The van der Waals surface area contributed by atoms with E-state index in [1.165, 1.54) is 0 Å². The van der Waals surface area contributed by atoms with Gasteiger partial charge in [0.15, 0.2) is 11.5 Å². The lowest BCUT2D eigenvalue weighted by atomic mass is 10.1.